The first-order valence-corrected chi connectivity index (χ1v) is 10.3. The third-order valence-electron chi connectivity index (χ3n) is 3.88. The predicted octanol–water partition coefficient (Wildman–Crippen LogP) is 3.15. The van der Waals surface area contributed by atoms with Crippen LogP contribution < -0.4 is 10.1 Å². The lowest BCUT2D eigenvalue weighted by molar-refractivity contribution is -0.120. The van der Waals surface area contributed by atoms with Crippen molar-refractivity contribution in [2.45, 2.75) is 24.9 Å². The molecule has 2 rings (SSSR count). The highest BCUT2D eigenvalue weighted by molar-refractivity contribution is 7.92. The molecule has 2 aromatic carbocycles. The molecule has 0 bridgehead atoms. The maximum atomic E-state index is 12.4. The second-order valence-electron chi connectivity index (χ2n) is 6.00. The van der Waals surface area contributed by atoms with Crippen molar-refractivity contribution in [1.29, 1.82) is 0 Å². The first-order chi connectivity index (χ1) is 12.3. The van der Waals surface area contributed by atoms with Gasteiger partial charge in [-0.3, -0.25) is 4.79 Å². The molecule has 0 fully saturated rings. The van der Waals surface area contributed by atoms with Crippen molar-refractivity contribution in [3.63, 3.8) is 0 Å². The Hall–Kier alpha value is -2.05. The summed E-state index contributed by atoms with van der Waals surface area (Å²) in [6.45, 7) is 3.81. The predicted molar refractivity (Wildman–Crippen MR) is 103 cm³/mol. The molecular formula is C19H22ClNO4S. The van der Waals surface area contributed by atoms with Crippen molar-refractivity contribution in [2.75, 3.05) is 13.2 Å². The van der Waals surface area contributed by atoms with E-state index in [1.165, 1.54) is 6.92 Å². The number of aryl methyl sites for hydroxylation is 1. The summed E-state index contributed by atoms with van der Waals surface area (Å²) in [7, 11) is -3.67. The summed E-state index contributed by atoms with van der Waals surface area (Å²) >= 11 is 6.00. The minimum atomic E-state index is -3.67. The number of nitrogens with one attached hydrogen (secondary N) is 1. The molecule has 140 valence electrons. The van der Waals surface area contributed by atoms with E-state index in [2.05, 4.69) is 5.32 Å². The van der Waals surface area contributed by atoms with Crippen LogP contribution in [0.15, 0.2) is 48.5 Å². The van der Waals surface area contributed by atoms with Gasteiger partial charge in [0.25, 0.3) is 0 Å². The number of benzene rings is 2. The number of halogens is 1. The first-order valence-electron chi connectivity index (χ1n) is 8.22. The van der Waals surface area contributed by atoms with E-state index in [4.69, 9.17) is 16.3 Å². The summed E-state index contributed by atoms with van der Waals surface area (Å²) < 4.78 is 30.4. The van der Waals surface area contributed by atoms with Crippen LogP contribution in [0.25, 0.3) is 0 Å². The van der Waals surface area contributed by atoms with E-state index in [0.29, 0.717) is 16.3 Å². The Morgan fingerprint density at radius 2 is 1.92 bits per heavy atom. The largest absolute Gasteiger partial charge is 0.492 e. The Kier molecular flexibility index (Phi) is 7.06. The highest BCUT2D eigenvalue weighted by Crippen LogP contribution is 2.20. The Balaban J connectivity index is 1.85. The monoisotopic (exact) mass is 395 g/mol. The summed E-state index contributed by atoms with van der Waals surface area (Å²) in [5, 5.41) is 1.80. The van der Waals surface area contributed by atoms with Gasteiger partial charge in [-0.1, -0.05) is 41.9 Å². The van der Waals surface area contributed by atoms with Gasteiger partial charge >= 0.3 is 0 Å². The van der Waals surface area contributed by atoms with Crippen molar-refractivity contribution in [2.24, 2.45) is 0 Å². The Morgan fingerprint density at radius 1 is 1.19 bits per heavy atom. The van der Waals surface area contributed by atoms with Crippen LogP contribution >= 0.6 is 11.6 Å². The summed E-state index contributed by atoms with van der Waals surface area (Å²) in [4.78, 5) is 12.2. The molecule has 2 aromatic rings. The molecule has 1 N–H and O–H groups in total. The maximum absolute atomic E-state index is 12.4. The van der Waals surface area contributed by atoms with Crippen molar-refractivity contribution in [3.8, 4) is 5.75 Å². The number of carbonyl (C=O) groups excluding carboxylic acids is 1. The maximum Gasteiger partial charge on any atom is 0.238 e. The lowest BCUT2D eigenvalue weighted by Crippen LogP contribution is -2.40. The number of hydrogen-bond acceptors (Lipinski definition) is 4. The molecule has 0 aliphatic carbocycles. The fourth-order valence-electron chi connectivity index (χ4n) is 2.31. The van der Waals surface area contributed by atoms with Crippen LogP contribution in [-0.2, 0) is 20.4 Å². The Morgan fingerprint density at radius 3 is 2.62 bits per heavy atom. The van der Waals surface area contributed by atoms with E-state index >= 15 is 0 Å². The van der Waals surface area contributed by atoms with Crippen LogP contribution in [-0.4, -0.2) is 32.7 Å². The van der Waals surface area contributed by atoms with E-state index in [-0.39, 0.29) is 18.9 Å². The molecule has 1 amide bonds. The van der Waals surface area contributed by atoms with Gasteiger partial charge in [-0.2, -0.15) is 0 Å². The molecule has 5 nitrogen and oxygen atoms in total. The fraction of sp³-hybridized carbons (Fsp3) is 0.316. The Bertz CT molecular complexity index is 867. The third-order valence-corrected chi connectivity index (χ3v) is 6.26. The SMILES string of the molecule is Cc1cccc(OCCNC(=O)C(C)S(=O)(=O)Cc2ccccc2Cl)c1. The van der Waals surface area contributed by atoms with Gasteiger partial charge in [0.2, 0.25) is 5.91 Å². The number of sulfone groups is 1. The zero-order chi connectivity index (χ0) is 19.2. The van der Waals surface area contributed by atoms with Crippen molar-refractivity contribution in [3.05, 3.63) is 64.7 Å². The van der Waals surface area contributed by atoms with Gasteiger partial charge in [0.1, 0.15) is 17.6 Å². The molecule has 0 aliphatic heterocycles. The van der Waals surface area contributed by atoms with Gasteiger partial charge < -0.3 is 10.1 Å². The van der Waals surface area contributed by atoms with E-state index in [1.54, 1.807) is 24.3 Å². The molecule has 0 aromatic heterocycles. The molecule has 26 heavy (non-hydrogen) atoms. The zero-order valence-corrected chi connectivity index (χ0v) is 16.3. The van der Waals surface area contributed by atoms with Gasteiger partial charge in [0, 0.05) is 5.02 Å². The van der Waals surface area contributed by atoms with Crippen LogP contribution in [0, 0.1) is 6.92 Å². The first kappa shape index (κ1) is 20.3. The molecule has 0 radical (unpaired) electrons. The van der Waals surface area contributed by atoms with Crippen molar-refractivity contribution < 1.29 is 17.9 Å². The number of hydrogen-bond donors (Lipinski definition) is 1. The van der Waals surface area contributed by atoms with Gasteiger partial charge in [-0.15, -0.1) is 0 Å². The average molecular weight is 396 g/mol. The molecular weight excluding hydrogens is 374 g/mol. The molecule has 7 heteroatoms. The topological polar surface area (TPSA) is 72.5 Å². The number of ether oxygens (including phenoxy) is 1. The zero-order valence-electron chi connectivity index (χ0n) is 14.7. The highest BCUT2D eigenvalue weighted by atomic mass is 35.5. The van der Waals surface area contributed by atoms with E-state index < -0.39 is 21.0 Å². The fourth-order valence-corrected chi connectivity index (χ4v) is 3.94. The van der Waals surface area contributed by atoms with Crippen molar-refractivity contribution >= 4 is 27.3 Å². The summed E-state index contributed by atoms with van der Waals surface area (Å²) in [5.74, 6) is -0.121. The molecule has 0 spiro atoms. The lowest BCUT2D eigenvalue weighted by atomic mass is 10.2. The van der Waals surface area contributed by atoms with Gasteiger partial charge in [-0.25, -0.2) is 8.42 Å². The molecule has 1 unspecified atom stereocenters. The minimum Gasteiger partial charge on any atom is -0.492 e. The molecule has 0 aliphatic rings. The van der Waals surface area contributed by atoms with Gasteiger partial charge in [0.15, 0.2) is 9.84 Å². The Labute approximate surface area is 159 Å². The van der Waals surface area contributed by atoms with Crippen LogP contribution in [0.3, 0.4) is 0 Å². The molecule has 0 saturated carbocycles. The smallest absolute Gasteiger partial charge is 0.238 e. The van der Waals surface area contributed by atoms with E-state index in [1.807, 2.05) is 31.2 Å². The second kappa shape index (κ2) is 9.05. The molecule has 0 heterocycles. The molecule has 1 atom stereocenters. The highest BCUT2D eigenvalue weighted by Gasteiger charge is 2.28. The second-order valence-corrected chi connectivity index (χ2v) is 8.73. The van der Waals surface area contributed by atoms with Gasteiger partial charge in [0.05, 0.1) is 12.3 Å². The van der Waals surface area contributed by atoms with Crippen LogP contribution in [0.2, 0.25) is 5.02 Å². The van der Waals surface area contributed by atoms with Crippen LogP contribution in [0.4, 0.5) is 0 Å². The van der Waals surface area contributed by atoms with Crippen LogP contribution in [0.5, 0.6) is 5.75 Å². The van der Waals surface area contributed by atoms with E-state index in [9.17, 15) is 13.2 Å². The number of carbonyl (C=O) groups is 1. The summed E-state index contributed by atoms with van der Waals surface area (Å²) in [6, 6.07) is 14.3. The quantitative estimate of drug-likeness (QED) is 0.697. The molecule has 0 saturated heterocycles. The summed E-state index contributed by atoms with van der Waals surface area (Å²) in [5.41, 5.74) is 1.56. The van der Waals surface area contributed by atoms with Crippen molar-refractivity contribution in [1.82, 2.24) is 5.32 Å². The third kappa shape index (κ3) is 5.75. The van der Waals surface area contributed by atoms with Crippen LogP contribution in [0.1, 0.15) is 18.1 Å². The van der Waals surface area contributed by atoms with E-state index in [0.717, 1.165) is 5.56 Å². The standard InChI is InChI=1S/C19H22ClNO4S/c1-14-6-5-8-17(12-14)25-11-10-21-19(22)15(2)26(23,24)13-16-7-3-4-9-18(16)20/h3-9,12,15H,10-11,13H2,1-2H3,(H,21,22). The number of rotatable bonds is 8. The normalized spacial score (nSPS) is 12.4. The van der Waals surface area contributed by atoms with Gasteiger partial charge in [-0.05, 0) is 43.2 Å². The minimum absolute atomic E-state index is 0.221. The lowest BCUT2D eigenvalue weighted by Gasteiger charge is -2.14. The summed E-state index contributed by atoms with van der Waals surface area (Å²) in [6.07, 6.45) is 0. The average Bonchev–Trinajstić information content (AvgIpc) is 2.60. The number of amides is 1.